The van der Waals surface area contributed by atoms with Crippen molar-refractivity contribution in [1.29, 1.82) is 0 Å². The molecule has 9 heteroatoms. The maximum absolute atomic E-state index is 12.1. The lowest BCUT2D eigenvalue weighted by Gasteiger charge is -2.07. The highest BCUT2D eigenvalue weighted by atomic mass is 32.2. The standard InChI is InChI=1S/C23H18N2O6S/c24-32(28,29)19-13-7-5-11-17(19)22-21(15-8-2-1-3-9-15)25-20(31-22)14-30-18-12-6-4-10-16(18)23(26)27/h1-13H,14H2,(H,26,27)(H2,24,28,29). The number of carbonyl (C=O) groups is 1. The second-order valence-corrected chi connectivity index (χ2v) is 8.31. The van der Waals surface area contributed by atoms with E-state index in [1.54, 1.807) is 30.3 Å². The van der Waals surface area contributed by atoms with Crippen LogP contribution in [0.5, 0.6) is 5.75 Å². The van der Waals surface area contributed by atoms with Crippen molar-refractivity contribution < 1.29 is 27.5 Å². The van der Waals surface area contributed by atoms with Crippen LogP contribution in [0, 0.1) is 0 Å². The van der Waals surface area contributed by atoms with Crippen LogP contribution >= 0.6 is 0 Å². The number of hydrogen-bond donors (Lipinski definition) is 2. The molecule has 0 saturated carbocycles. The molecule has 0 aliphatic carbocycles. The molecule has 0 saturated heterocycles. The zero-order valence-corrected chi connectivity index (χ0v) is 17.5. The Labute approximate surface area is 184 Å². The van der Waals surface area contributed by atoms with Gasteiger partial charge in [0.15, 0.2) is 12.4 Å². The molecule has 0 fully saturated rings. The van der Waals surface area contributed by atoms with Crippen LogP contribution in [-0.2, 0) is 16.6 Å². The van der Waals surface area contributed by atoms with E-state index in [1.165, 1.54) is 18.2 Å². The normalized spacial score (nSPS) is 11.3. The quantitative estimate of drug-likeness (QED) is 0.436. The Balaban J connectivity index is 1.78. The Hall–Kier alpha value is -3.95. The first-order chi connectivity index (χ1) is 15.3. The number of carboxylic acids is 1. The van der Waals surface area contributed by atoms with Crippen molar-refractivity contribution in [3.05, 3.63) is 90.3 Å². The lowest BCUT2D eigenvalue weighted by Crippen LogP contribution is -2.13. The van der Waals surface area contributed by atoms with Crippen LogP contribution < -0.4 is 9.88 Å². The molecule has 32 heavy (non-hydrogen) atoms. The summed E-state index contributed by atoms with van der Waals surface area (Å²) in [6, 6.07) is 21.5. The summed E-state index contributed by atoms with van der Waals surface area (Å²) >= 11 is 0. The molecular weight excluding hydrogens is 432 g/mol. The van der Waals surface area contributed by atoms with E-state index in [-0.39, 0.29) is 40.0 Å². The topological polar surface area (TPSA) is 133 Å². The third kappa shape index (κ3) is 4.39. The Bertz CT molecular complexity index is 1380. The lowest BCUT2D eigenvalue weighted by atomic mass is 10.1. The number of ether oxygens (including phenoxy) is 1. The van der Waals surface area contributed by atoms with Gasteiger partial charge in [-0.1, -0.05) is 54.6 Å². The molecule has 0 aliphatic rings. The van der Waals surface area contributed by atoms with Crippen LogP contribution in [0.3, 0.4) is 0 Å². The maximum atomic E-state index is 12.1. The summed E-state index contributed by atoms with van der Waals surface area (Å²) in [4.78, 5) is 15.8. The number of benzene rings is 3. The molecule has 0 unspecified atom stereocenters. The van der Waals surface area contributed by atoms with E-state index >= 15 is 0 Å². The van der Waals surface area contributed by atoms with Gasteiger partial charge in [0.1, 0.15) is 17.0 Å². The minimum absolute atomic E-state index is 0.00198. The summed E-state index contributed by atoms with van der Waals surface area (Å²) in [7, 11) is -4.03. The first-order valence-corrected chi connectivity index (χ1v) is 11.0. The van der Waals surface area contributed by atoms with Gasteiger partial charge in [0.05, 0.1) is 4.90 Å². The van der Waals surface area contributed by atoms with Crippen molar-refractivity contribution in [2.45, 2.75) is 11.5 Å². The van der Waals surface area contributed by atoms with Crippen LogP contribution in [0.15, 0.2) is 88.2 Å². The summed E-state index contributed by atoms with van der Waals surface area (Å²) in [6.45, 7) is -0.165. The van der Waals surface area contributed by atoms with Crippen molar-refractivity contribution in [1.82, 2.24) is 4.98 Å². The Morgan fingerprint density at radius 2 is 1.62 bits per heavy atom. The molecule has 0 bridgehead atoms. The number of primary sulfonamides is 1. The van der Waals surface area contributed by atoms with Gasteiger partial charge in [-0.3, -0.25) is 0 Å². The van der Waals surface area contributed by atoms with Crippen LogP contribution in [0.2, 0.25) is 0 Å². The van der Waals surface area contributed by atoms with Crippen molar-refractivity contribution in [3.63, 3.8) is 0 Å². The number of nitrogens with zero attached hydrogens (tertiary/aromatic N) is 1. The Morgan fingerprint density at radius 1 is 0.969 bits per heavy atom. The van der Waals surface area contributed by atoms with Crippen molar-refractivity contribution >= 4 is 16.0 Å². The molecule has 3 N–H and O–H groups in total. The molecule has 0 spiro atoms. The van der Waals surface area contributed by atoms with Gasteiger partial charge in [0.2, 0.25) is 15.9 Å². The van der Waals surface area contributed by atoms with Gasteiger partial charge in [0.25, 0.3) is 0 Å². The molecule has 3 aromatic carbocycles. The molecule has 4 aromatic rings. The van der Waals surface area contributed by atoms with Gasteiger partial charge in [-0.2, -0.15) is 0 Å². The third-order valence-electron chi connectivity index (χ3n) is 4.63. The fourth-order valence-electron chi connectivity index (χ4n) is 3.21. The number of nitrogens with two attached hydrogens (primary N) is 1. The van der Waals surface area contributed by atoms with Crippen molar-refractivity contribution in [2.24, 2.45) is 5.14 Å². The van der Waals surface area contributed by atoms with Crippen molar-refractivity contribution in [2.75, 3.05) is 0 Å². The fraction of sp³-hybridized carbons (Fsp3) is 0.0435. The molecule has 8 nitrogen and oxygen atoms in total. The first-order valence-electron chi connectivity index (χ1n) is 9.47. The largest absolute Gasteiger partial charge is 0.483 e. The van der Waals surface area contributed by atoms with Crippen LogP contribution in [-0.4, -0.2) is 24.5 Å². The second-order valence-electron chi connectivity index (χ2n) is 6.78. The summed E-state index contributed by atoms with van der Waals surface area (Å²) in [5.74, 6) is -0.610. The fourth-order valence-corrected chi connectivity index (χ4v) is 3.95. The minimum atomic E-state index is -4.03. The molecule has 1 heterocycles. The molecule has 0 amide bonds. The van der Waals surface area contributed by atoms with Crippen molar-refractivity contribution in [3.8, 4) is 28.3 Å². The molecule has 4 rings (SSSR count). The van der Waals surface area contributed by atoms with Gasteiger partial charge < -0.3 is 14.3 Å². The van der Waals surface area contributed by atoms with Gasteiger partial charge in [-0.15, -0.1) is 0 Å². The Kier molecular flexibility index (Phi) is 5.76. The highest BCUT2D eigenvalue weighted by Crippen LogP contribution is 2.36. The van der Waals surface area contributed by atoms with E-state index in [2.05, 4.69) is 4.98 Å². The number of hydrogen-bond acceptors (Lipinski definition) is 6. The van der Waals surface area contributed by atoms with E-state index in [4.69, 9.17) is 14.3 Å². The zero-order chi connectivity index (χ0) is 22.7. The molecular formula is C23H18N2O6S. The van der Waals surface area contributed by atoms with E-state index < -0.39 is 16.0 Å². The second kappa shape index (κ2) is 8.66. The van der Waals surface area contributed by atoms with E-state index in [0.29, 0.717) is 11.3 Å². The average molecular weight is 450 g/mol. The van der Waals surface area contributed by atoms with Crippen LogP contribution in [0.1, 0.15) is 16.2 Å². The minimum Gasteiger partial charge on any atom is -0.483 e. The highest BCUT2D eigenvalue weighted by Gasteiger charge is 2.23. The van der Waals surface area contributed by atoms with Crippen LogP contribution in [0.4, 0.5) is 0 Å². The summed E-state index contributed by atoms with van der Waals surface area (Å²) in [5, 5.41) is 14.7. The lowest BCUT2D eigenvalue weighted by molar-refractivity contribution is 0.0691. The number of oxazole rings is 1. The van der Waals surface area contributed by atoms with E-state index in [1.807, 2.05) is 30.3 Å². The number of aromatic nitrogens is 1. The number of aromatic carboxylic acids is 1. The predicted octanol–water partition coefficient (Wildman–Crippen LogP) is 3.93. The number of rotatable bonds is 7. The van der Waals surface area contributed by atoms with Crippen LogP contribution in [0.25, 0.3) is 22.6 Å². The number of sulfonamides is 1. The smallest absolute Gasteiger partial charge is 0.339 e. The van der Waals surface area contributed by atoms with Gasteiger partial charge in [-0.25, -0.2) is 23.3 Å². The van der Waals surface area contributed by atoms with Gasteiger partial charge in [0, 0.05) is 11.1 Å². The number of carboxylic acid groups (broad SMARTS) is 1. The molecule has 0 aliphatic heterocycles. The van der Waals surface area contributed by atoms with Gasteiger partial charge in [-0.05, 0) is 24.3 Å². The third-order valence-corrected chi connectivity index (χ3v) is 5.59. The summed E-state index contributed by atoms with van der Waals surface area (Å²) in [6.07, 6.45) is 0. The van der Waals surface area contributed by atoms with E-state index in [0.717, 1.165) is 0 Å². The first kappa shape index (κ1) is 21.3. The monoisotopic (exact) mass is 450 g/mol. The SMILES string of the molecule is NS(=O)(=O)c1ccccc1-c1oc(COc2ccccc2C(=O)O)nc1-c1ccccc1. The van der Waals surface area contributed by atoms with Gasteiger partial charge >= 0.3 is 5.97 Å². The highest BCUT2D eigenvalue weighted by molar-refractivity contribution is 7.89. The number of para-hydroxylation sites is 1. The molecule has 0 radical (unpaired) electrons. The van der Waals surface area contributed by atoms with E-state index in [9.17, 15) is 18.3 Å². The zero-order valence-electron chi connectivity index (χ0n) is 16.6. The summed E-state index contributed by atoms with van der Waals surface area (Å²) < 4.78 is 35.8. The molecule has 0 atom stereocenters. The maximum Gasteiger partial charge on any atom is 0.339 e. The Morgan fingerprint density at radius 3 is 2.34 bits per heavy atom. The molecule has 1 aromatic heterocycles. The predicted molar refractivity (Wildman–Crippen MR) is 116 cm³/mol. The molecule has 162 valence electrons. The summed E-state index contributed by atoms with van der Waals surface area (Å²) in [5.41, 5.74) is 1.38. The average Bonchev–Trinajstić information content (AvgIpc) is 3.22.